The number of halogens is 2. The van der Waals surface area contributed by atoms with Crippen molar-refractivity contribution in [2.75, 3.05) is 6.61 Å². The van der Waals surface area contributed by atoms with E-state index in [0.29, 0.717) is 23.8 Å². The van der Waals surface area contributed by atoms with Gasteiger partial charge < -0.3 is 15.8 Å². The first-order valence-corrected chi connectivity index (χ1v) is 12.7. The summed E-state index contributed by atoms with van der Waals surface area (Å²) in [5.74, 6) is -0.137. The summed E-state index contributed by atoms with van der Waals surface area (Å²) < 4.78 is 47.9. The van der Waals surface area contributed by atoms with Crippen molar-refractivity contribution in [1.82, 2.24) is 5.32 Å². The molecule has 3 rings (SSSR count). The number of nitrogens with one attached hydrogen (secondary N) is 1. The molecule has 1 fully saturated rings. The Morgan fingerprint density at radius 3 is 2.26 bits per heavy atom. The molecule has 34 heavy (non-hydrogen) atoms. The molecule has 0 aromatic heterocycles. The average molecular weight is 496 g/mol. The second kappa shape index (κ2) is 12.1. The number of amides is 2. The van der Waals surface area contributed by atoms with Crippen molar-refractivity contribution in [3.05, 3.63) is 64.7 Å². The Balaban J connectivity index is 1.58. The number of ether oxygens (including phenoxy) is 1. The molecule has 0 aliphatic heterocycles. The smallest absolute Gasteiger partial charge is 0.399 e. The number of hydrogen-bond acceptors (Lipinski definition) is 6. The molecule has 0 bridgehead atoms. The predicted octanol–water partition coefficient (Wildman–Crippen LogP) is 5.17. The summed E-state index contributed by atoms with van der Waals surface area (Å²) in [6.45, 7) is 0.668. The highest BCUT2D eigenvalue weighted by Crippen LogP contribution is 2.52. The molecular formula is C23H27F2N2O6P. The highest BCUT2D eigenvalue weighted by molar-refractivity contribution is 7.52. The first-order chi connectivity index (χ1) is 16.3. The lowest BCUT2D eigenvalue weighted by Gasteiger charge is -2.22. The van der Waals surface area contributed by atoms with Gasteiger partial charge in [-0.15, -0.1) is 9.46 Å². The summed E-state index contributed by atoms with van der Waals surface area (Å²) in [5.41, 5.74) is 6.96. The van der Waals surface area contributed by atoms with Gasteiger partial charge in [-0.05, 0) is 63.2 Å². The number of primary amides is 1. The van der Waals surface area contributed by atoms with E-state index in [0.717, 1.165) is 12.8 Å². The third-order valence-corrected chi connectivity index (χ3v) is 6.94. The molecule has 184 valence electrons. The van der Waals surface area contributed by atoms with E-state index in [1.165, 1.54) is 43.5 Å². The highest BCUT2D eigenvalue weighted by Gasteiger charge is 2.28. The zero-order valence-corrected chi connectivity index (χ0v) is 19.4. The summed E-state index contributed by atoms with van der Waals surface area (Å²) in [5, 5.41) is 2.72. The Morgan fingerprint density at radius 1 is 1.00 bits per heavy atom. The molecule has 0 radical (unpaired) electrons. The molecule has 11 heteroatoms. The van der Waals surface area contributed by atoms with E-state index in [1.807, 2.05) is 0 Å². The quantitative estimate of drug-likeness (QED) is 0.415. The molecule has 1 aliphatic rings. The minimum absolute atomic E-state index is 0.129. The molecule has 2 aromatic rings. The van der Waals surface area contributed by atoms with Gasteiger partial charge in [0.2, 0.25) is 0 Å². The third kappa shape index (κ3) is 7.09. The van der Waals surface area contributed by atoms with Crippen LogP contribution in [-0.4, -0.2) is 18.4 Å². The maximum absolute atomic E-state index is 12.4. The molecular weight excluding hydrogens is 469 g/mol. The van der Waals surface area contributed by atoms with Gasteiger partial charge in [0.15, 0.2) is 0 Å². The van der Waals surface area contributed by atoms with Crippen molar-refractivity contribution in [2.45, 2.75) is 44.8 Å². The number of rotatable bonds is 11. The van der Waals surface area contributed by atoms with Crippen molar-refractivity contribution in [3.63, 3.8) is 0 Å². The van der Waals surface area contributed by atoms with E-state index in [1.54, 1.807) is 18.2 Å². The highest BCUT2D eigenvalue weighted by atomic mass is 31.2. The van der Waals surface area contributed by atoms with Gasteiger partial charge in [-0.25, -0.2) is 0 Å². The number of carbonyl (C=O) groups is 2. The van der Waals surface area contributed by atoms with Gasteiger partial charge in [0.25, 0.3) is 11.8 Å². The summed E-state index contributed by atoms with van der Waals surface area (Å²) in [6, 6.07) is 10.6. The lowest BCUT2D eigenvalue weighted by Crippen LogP contribution is -2.23. The number of benzene rings is 2. The van der Waals surface area contributed by atoms with E-state index in [2.05, 4.69) is 14.8 Å². The molecule has 2 aromatic carbocycles. The average Bonchev–Trinajstić information content (AvgIpc) is 2.87. The van der Waals surface area contributed by atoms with Crippen LogP contribution in [0.3, 0.4) is 0 Å². The van der Waals surface area contributed by atoms with Crippen LogP contribution in [0.2, 0.25) is 0 Å². The Kier molecular flexibility index (Phi) is 9.15. The molecule has 0 heterocycles. The second-order valence-corrected chi connectivity index (χ2v) is 10.1. The minimum atomic E-state index is -4.51. The van der Waals surface area contributed by atoms with Crippen molar-refractivity contribution in [3.8, 4) is 5.75 Å². The molecule has 2 amide bonds. The Labute approximate surface area is 196 Å². The molecule has 0 saturated heterocycles. The van der Waals surface area contributed by atoms with Gasteiger partial charge in [0, 0.05) is 12.1 Å². The fourth-order valence-electron chi connectivity index (χ4n) is 3.90. The molecule has 1 aliphatic carbocycles. The standard InChI is InChI=1S/C23H27F2N2O6P/c24-32-34(30,33-25)15-17-6-9-19(10-7-17)23(29)27-13-18-8-11-21(20(12-18)22(26)28)31-14-16-4-2-1-3-5-16/h6-12,16H,1-5,13-15H2,(H2,26,28)(H,27,29). The van der Waals surface area contributed by atoms with Gasteiger partial charge in [0.1, 0.15) is 5.75 Å². The monoisotopic (exact) mass is 496 g/mol. The minimum Gasteiger partial charge on any atom is -0.492 e. The fourth-order valence-corrected chi connectivity index (χ4v) is 4.67. The van der Waals surface area contributed by atoms with Crippen molar-refractivity contribution >= 4 is 19.4 Å². The fraction of sp³-hybridized carbons (Fsp3) is 0.391. The Bertz CT molecular complexity index is 1040. The first-order valence-electron chi connectivity index (χ1n) is 11.0. The molecule has 8 nitrogen and oxygen atoms in total. The molecule has 0 atom stereocenters. The second-order valence-electron chi connectivity index (χ2n) is 8.30. The summed E-state index contributed by atoms with van der Waals surface area (Å²) in [4.78, 5) is 24.4. The van der Waals surface area contributed by atoms with Crippen LogP contribution in [-0.2, 0) is 26.7 Å². The zero-order valence-electron chi connectivity index (χ0n) is 18.5. The van der Waals surface area contributed by atoms with Crippen molar-refractivity contribution in [2.24, 2.45) is 11.7 Å². The zero-order chi connectivity index (χ0) is 24.6. The van der Waals surface area contributed by atoms with E-state index >= 15 is 0 Å². The van der Waals surface area contributed by atoms with Crippen LogP contribution in [0, 0.1) is 5.92 Å². The summed E-state index contributed by atoms with van der Waals surface area (Å²) >= 11 is 0. The number of carbonyl (C=O) groups excluding carboxylic acids is 2. The lowest BCUT2D eigenvalue weighted by molar-refractivity contribution is -0.0881. The SMILES string of the molecule is NC(=O)c1cc(CNC(=O)c2ccc(CP(=O)(OF)OF)cc2)ccc1OCC1CCCCC1. The largest absolute Gasteiger partial charge is 0.492 e. The maximum Gasteiger partial charge on any atom is 0.399 e. The van der Waals surface area contributed by atoms with Crippen LogP contribution in [0.5, 0.6) is 5.75 Å². The molecule has 3 N–H and O–H groups in total. The molecule has 0 unspecified atom stereocenters. The number of nitrogens with two attached hydrogens (primary N) is 1. The lowest BCUT2D eigenvalue weighted by atomic mass is 9.90. The van der Waals surface area contributed by atoms with Gasteiger partial charge in [0.05, 0.1) is 18.3 Å². The summed E-state index contributed by atoms with van der Waals surface area (Å²) in [6.07, 6.45) is 5.23. The van der Waals surface area contributed by atoms with Crippen LogP contribution in [0.4, 0.5) is 9.05 Å². The number of hydrogen-bond donors (Lipinski definition) is 2. The maximum atomic E-state index is 12.4. The van der Waals surface area contributed by atoms with Crippen molar-refractivity contribution in [1.29, 1.82) is 0 Å². The predicted molar refractivity (Wildman–Crippen MR) is 120 cm³/mol. The van der Waals surface area contributed by atoms with Crippen LogP contribution >= 0.6 is 7.60 Å². The van der Waals surface area contributed by atoms with E-state index in [4.69, 9.17) is 10.5 Å². The van der Waals surface area contributed by atoms with Gasteiger partial charge >= 0.3 is 7.60 Å². The van der Waals surface area contributed by atoms with Gasteiger partial charge in [-0.3, -0.25) is 14.2 Å². The van der Waals surface area contributed by atoms with Crippen LogP contribution < -0.4 is 15.8 Å². The molecule has 0 spiro atoms. The normalized spacial score (nSPS) is 14.5. The third-order valence-electron chi connectivity index (χ3n) is 5.76. The Morgan fingerprint density at radius 2 is 1.65 bits per heavy atom. The van der Waals surface area contributed by atoms with E-state index < -0.39 is 25.6 Å². The van der Waals surface area contributed by atoms with Crippen LogP contribution in [0.25, 0.3) is 0 Å². The van der Waals surface area contributed by atoms with Crippen LogP contribution in [0.15, 0.2) is 42.5 Å². The topological polar surface area (TPSA) is 117 Å². The van der Waals surface area contributed by atoms with E-state index in [9.17, 15) is 23.2 Å². The van der Waals surface area contributed by atoms with Crippen LogP contribution in [0.1, 0.15) is 63.9 Å². The van der Waals surface area contributed by atoms with Crippen molar-refractivity contribution < 1.29 is 37.4 Å². The van der Waals surface area contributed by atoms with Gasteiger partial charge in [-0.2, -0.15) is 0 Å². The first kappa shape index (κ1) is 25.8. The Hall–Kier alpha value is -2.81. The van der Waals surface area contributed by atoms with Gasteiger partial charge in [-0.1, -0.05) is 37.5 Å². The van der Waals surface area contributed by atoms with E-state index in [-0.39, 0.29) is 23.2 Å². The molecule has 1 saturated carbocycles. The summed E-state index contributed by atoms with van der Waals surface area (Å²) in [7, 11) is -4.51.